The number of aliphatic carboxylic acids is 1. The van der Waals surface area contributed by atoms with E-state index in [9.17, 15) is 18.0 Å². The van der Waals surface area contributed by atoms with Crippen LogP contribution in [0.15, 0.2) is 30.3 Å². The van der Waals surface area contributed by atoms with E-state index in [0.29, 0.717) is 13.0 Å². The molecule has 0 radical (unpaired) electrons. The van der Waals surface area contributed by atoms with Crippen LogP contribution in [0.1, 0.15) is 24.8 Å². The summed E-state index contributed by atoms with van der Waals surface area (Å²) < 4.78 is 30.1. The van der Waals surface area contributed by atoms with E-state index >= 15 is 0 Å². The normalized spacial score (nSPS) is 19.1. The standard InChI is InChI=1S/C18H26N2O6S/c1-3-16(14-7-5-4-6-8-14)18(23)19-9-10-26-15(11-19)12-20(13-17(21)22)27(2,24)25/h4-8,15-16H,3,9-13H2,1-2H3,(H,21,22). The minimum Gasteiger partial charge on any atom is -0.480 e. The SMILES string of the molecule is CCC(C(=O)N1CCOC(CN(CC(=O)O)S(C)(=O)=O)C1)c1ccccc1. The number of hydrogen-bond donors (Lipinski definition) is 1. The molecule has 2 unspecified atom stereocenters. The lowest BCUT2D eigenvalue weighted by Crippen LogP contribution is -2.52. The van der Waals surface area contributed by atoms with Gasteiger partial charge in [-0.1, -0.05) is 37.3 Å². The van der Waals surface area contributed by atoms with Gasteiger partial charge in [-0.15, -0.1) is 0 Å². The number of carbonyl (C=O) groups excluding carboxylic acids is 1. The van der Waals surface area contributed by atoms with Gasteiger partial charge in [0.2, 0.25) is 15.9 Å². The Morgan fingerprint density at radius 3 is 2.56 bits per heavy atom. The molecule has 1 N–H and O–H groups in total. The highest BCUT2D eigenvalue weighted by Gasteiger charge is 2.32. The molecule has 2 rings (SSSR count). The average molecular weight is 398 g/mol. The first kappa shape index (κ1) is 21.3. The van der Waals surface area contributed by atoms with Gasteiger partial charge in [0.25, 0.3) is 0 Å². The second-order valence-electron chi connectivity index (χ2n) is 6.60. The van der Waals surface area contributed by atoms with Gasteiger partial charge in [-0.05, 0) is 12.0 Å². The van der Waals surface area contributed by atoms with Crippen LogP contribution in [-0.2, 0) is 24.3 Å². The summed E-state index contributed by atoms with van der Waals surface area (Å²) >= 11 is 0. The topological polar surface area (TPSA) is 104 Å². The zero-order valence-corrected chi connectivity index (χ0v) is 16.4. The van der Waals surface area contributed by atoms with Gasteiger partial charge in [0, 0.05) is 19.6 Å². The van der Waals surface area contributed by atoms with Crippen molar-refractivity contribution in [2.24, 2.45) is 0 Å². The number of morpholine rings is 1. The van der Waals surface area contributed by atoms with E-state index < -0.39 is 28.6 Å². The van der Waals surface area contributed by atoms with Crippen molar-refractivity contribution >= 4 is 21.9 Å². The molecule has 1 fully saturated rings. The van der Waals surface area contributed by atoms with Crippen LogP contribution in [0.25, 0.3) is 0 Å². The second kappa shape index (κ2) is 9.29. The molecule has 9 heteroatoms. The van der Waals surface area contributed by atoms with E-state index in [4.69, 9.17) is 9.84 Å². The van der Waals surface area contributed by atoms with E-state index in [1.807, 2.05) is 37.3 Å². The van der Waals surface area contributed by atoms with Crippen LogP contribution in [0.4, 0.5) is 0 Å². The summed E-state index contributed by atoms with van der Waals surface area (Å²) in [7, 11) is -3.69. The largest absolute Gasteiger partial charge is 0.480 e. The summed E-state index contributed by atoms with van der Waals surface area (Å²) in [6.07, 6.45) is 1.05. The molecule has 27 heavy (non-hydrogen) atoms. The molecule has 0 spiro atoms. The lowest BCUT2D eigenvalue weighted by molar-refractivity contribution is -0.142. The van der Waals surface area contributed by atoms with E-state index in [0.717, 1.165) is 16.1 Å². The number of carboxylic acid groups (broad SMARTS) is 1. The molecule has 1 aliphatic heterocycles. The van der Waals surface area contributed by atoms with Gasteiger partial charge in [-0.25, -0.2) is 8.42 Å². The fourth-order valence-corrected chi connectivity index (χ4v) is 3.97. The Balaban J connectivity index is 2.08. The van der Waals surface area contributed by atoms with Crippen LogP contribution in [-0.4, -0.2) is 79.8 Å². The van der Waals surface area contributed by atoms with Crippen molar-refractivity contribution < 1.29 is 27.9 Å². The molecule has 8 nitrogen and oxygen atoms in total. The zero-order valence-electron chi connectivity index (χ0n) is 15.6. The lowest BCUT2D eigenvalue weighted by atomic mass is 9.94. The van der Waals surface area contributed by atoms with Crippen LogP contribution in [0.3, 0.4) is 0 Å². The fourth-order valence-electron chi connectivity index (χ4n) is 3.18. The van der Waals surface area contributed by atoms with Crippen molar-refractivity contribution in [1.82, 2.24) is 9.21 Å². The molecular formula is C18H26N2O6S. The Bertz CT molecular complexity index is 752. The first-order chi connectivity index (χ1) is 12.7. The van der Waals surface area contributed by atoms with Gasteiger partial charge in [-0.2, -0.15) is 4.31 Å². The van der Waals surface area contributed by atoms with Crippen molar-refractivity contribution in [3.05, 3.63) is 35.9 Å². The summed E-state index contributed by atoms with van der Waals surface area (Å²) in [6, 6.07) is 9.52. The number of benzene rings is 1. The maximum atomic E-state index is 13.0. The molecule has 0 aromatic heterocycles. The molecule has 1 aromatic rings. The number of rotatable bonds is 8. The minimum atomic E-state index is -3.69. The summed E-state index contributed by atoms with van der Waals surface area (Å²) in [5, 5.41) is 8.94. The Hall–Kier alpha value is -1.97. The first-order valence-electron chi connectivity index (χ1n) is 8.84. The highest BCUT2D eigenvalue weighted by atomic mass is 32.2. The van der Waals surface area contributed by atoms with Crippen molar-refractivity contribution in [2.45, 2.75) is 25.4 Å². The molecule has 150 valence electrons. The van der Waals surface area contributed by atoms with Gasteiger partial charge in [0.05, 0.1) is 24.9 Å². The van der Waals surface area contributed by atoms with Gasteiger partial charge >= 0.3 is 5.97 Å². The highest BCUT2D eigenvalue weighted by Crippen LogP contribution is 2.23. The predicted octanol–water partition coefficient (Wildman–Crippen LogP) is 0.754. The van der Waals surface area contributed by atoms with Crippen LogP contribution >= 0.6 is 0 Å². The molecule has 0 saturated carbocycles. The third-order valence-electron chi connectivity index (χ3n) is 4.55. The molecule has 1 aliphatic rings. The number of amides is 1. The fraction of sp³-hybridized carbons (Fsp3) is 0.556. The third kappa shape index (κ3) is 6.02. The number of ether oxygens (including phenoxy) is 1. The molecule has 1 saturated heterocycles. The summed E-state index contributed by atoms with van der Waals surface area (Å²) in [4.78, 5) is 25.6. The van der Waals surface area contributed by atoms with Crippen molar-refractivity contribution in [2.75, 3.05) is 39.0 Å². The first-order valence-corrected chi connectivity index (χ1v) is 10.7. The maximum absolute atomic E-state index is 13.0. The maximum Gasteiger partial charge on any atom is 0.318 e. The van der Waals surface area contributed by atoms with Crippen molar-refractivity contribution in [1.29, 1.82) is 0 Å². The Morgan fingerprint density at radius 1 is 1.33 bits per heavy atom. The van der Waals surface area contributed by atoms with E-state index in [-0.39, 0.29) is 31.5 Å². The lowest BCUT2D eigenvalue weighted by Gasteiger charge is -2.36. The number of carbonyl (C=O) groups is 2. The molecule has 2 atom stereocenters. The molecule has 1 amide bonds. The monoisotopic (exact) mass is 398 g/mol. The van der Waals surface area contributed by atoms with E-state index in [1.54, 1.807) is 4.90 Å². The second-order valence-corrected chi connectivity index (χ2v) is 8.58. The Kier molecular flexibility index (Phi) is 7.34. The predicted molar refractivity (Wildman–Crippen MR) is 99.8 cm³/mol. The zero-order chi connectivity index (χ0) is 20.0. The van der Waals surface area contributed by atoms with Gasteiger partial charge in [0.1, 0.15) is 6.54 Å². The van der Waals surface area contributed by atoms with E-state index in [2.05, 4.69) is 0 Å². The minimum absolute atomic E-state index is 0.0267. The summed E-state index contributed by atoms with van der Waals surface area (Å²) in [6.45, 7) is 2.16. The summed E-state index contributed by atoms with van der Waals surface area (Å²) in [5.74, 6) is -1.53. The molecule has 0 aliphatic carbocycles. The van der Waals surface area contributed by atoms with Crippen molar-refractivity contribution in [3.63, 3.8) is 0 Å². The average Bonchev–Trinajstić information content (AvgIpc) is 2.62. The molecule has 0 bridgehead atoms. The van der Waals surface area contributed by atoms with Crippen LogP contribution < -0.4 is 0 Å². The quantitative estimate of drug-likeness (QED) is 0.693. The van der Waals surface area contributed by atoms with Crippen molar-refractivity contribution in [3.8, 4) is 0 Å². The number of hydrogen-bond acceptors (Lipinski definition) is 5. The number of nitrogens with zero attached hydrogens (tertiary/aromatic N) is 2. The Morgan fingerprint density at radius 2 is 2.00 bits per heavy atom. The smallest absolute Gasteiger partial charge is 0.318 e. The van der Waals surface area contributed by atoms with Gasteiger partial charge < -0.3 is 14.7 Å². The van der Waals surface area contributed by atoms with Gasteiger partial charge in [0.15, 0.2) is 0 Å². The molecular weight excluding hydrogens is 372 g/mol. The molecule has 1 aromatic carbocycles. The van der Waals surface area contributed by atoms with E-state index in [1.165, 1.54) is 0 Å². The molecule has 1 heterocycles. The highest BCUT2D eigenvalue weighted by molar-refractivity contribution is 7.88. The third-order valence-corrected chi connectivity index (χ3v) is 5.76. The summed E-state index contributed by atoms with van der Waals surface area (Å²) in [5.41, 5.74) is 0.941. The van der Waals surface area contributed by atoms with Gasteiger partial charge in [-0.3, -0.25) is 9.59 Å². The van der Waals surface area contributed by atoms with Crippen LogP contribution in [0.2, 0.25) is 0 Å². The number of carboxylic acids is 1. The number of sulfonamides is 1. The van der Waals surface area contributed by atoms with Crippen LogP contribution in [0.5, 0.6) is 0 Å². The Labute approximate surface area is 159 Å². The van der Waals surface area contributed by atoms with Crippen LogP contribution in [0, 0.1) is 0 Å².